The monoisotopic (exact) mass is 361 g/mol. The molecule has 28 heavy (non-hydrogen) atoms. The molecule has 5 aromatic rings. The van der Waals surface area contributed by atoms with E-state index in [4.69, 9.17) is 11.1 Å². The number of rotatable bonds is 3. The van der Waals surface area contributed by atoms with Crippen LogP contribution < -0.4 is 5.73 Å². The van der Waals surface area contributed by atoms with Gasteiger partial charge >= 0.3 is 0 Å². The summed E-state index contributed by atoms with van der Waals surface area (Å²) in [5.41, 5.74) is 12.2. The lowest BCUT2D eigenvalue weighted by Gasteiger charge is -2.09. The van der Waals surface area contributed by atoms with Crippen LogP contribution in [-0.2, 0) is 0 Å². The van der Waals surface area contributed by atoms with Gasteiger partial charge in [0.15, 0.2) is 0 Å². The molecule has 3 heteroatoms. The van der Waals surface area contributed by atoms with Gasteiger partial charge in [0, 0.05) is 33.3 Å². The summed E-state index contributed by atoms with van der Waals surface area (Å²) in [4.78, 5) is 0. The highest BCUT2D eigenvalue weighted by Crippen LogP contribution is 2.33. The van der Waals surface area contributed by atoms with Crippen molar-refractivity contribution < 1.29 is 0 Å². The first kappa shape index (κ1) is 16.3. The van der Waals surface area contributed by atoms with Gasteiger partial charge in [-0.15, -0.1) is 0 Å². The van der Waals surface area contributed by atoms with Crippen molar-refractivity contribution in [3.63, 3.8) is 0 Å². The molecule has 1 heterocycles. The first-order chi connectivity index (χ1) is 13.7. The number of anilines is 1. The Hall–Kier alpha value is -3.85. The number of nitrogen functional groups attached to an aromatic ring is 1. The molecule has 4 aromatic carbocycles. The summed E-state index contributed by atoms with van der Waals surface area (Å²) in [6.45, 7) is 0. The molecule has 0 saturated heterocycles. The van der Waals surface area contributed by atoms with E-state index in [0.29, 0.717) is 11.4 Å². The maximum Gasteiger partial charge on any atom is 0.0705 e. The lowest BCUT2D eigenvalue weighted by atomic mass is 9.99. The summed E-state index contributed by atoms with van der Waals surface area (Å²) in [5, 5.41) is 11.0. The average molecular weight is 361 g/mol. The number of benzene rings is 4. The maximum absolute atomic E-state index is 8.68. The number of nitrogens with zero attached hydrogens (tertiary/aromatic N) is 1. The quantitative estimate of drug-likeness (QED) is 0.310. The second-order valence-corrected chi connectivity index (χ2v) is 6.88. The second-order valence-electron chi connectivity index (χ2n) is 6.88. The largest absolute Gasteiger partial charge is 0.398 e. The molecule has 0 radical (unpaired) electrons. The molecule has 0 saturated carbocycles. The highest BCUT2D eigenvalue weighted by Gasteiger charge is 2.14. The van der Waals surface area contributed by atoms with E-state index in [1.54, 1.807) is 0 Å². The van der Waals surface area contributed by atoms with E-state index in [-0.39, 0.29) is 0 Å². The fourth-order valence-corrected chi connectivity index (χ4v) is 3.86. The number of hydrogen-bond acceptors (Lipinski definition) is 2. The molecule has 0 unspecified atom stereocenters. The number of nitrogens with one attached hydrogen (secondary N) is 1. The summed E-state index contributed by atoms with van der Waals surface area (Å²) in [6.07, 6.45) is 0. The molecule has 0 amide bonds. The van der Waals surface area contributed by atoms with Crippen molar-refractivity contribution in [2.45, 2.75) is 0 Å². The van der Waals surface area contributed by atoms with Crippen LogP contribution in [0.1, 0.15) is 11.1 Å². The number of nitrogens with two attached hydrogens (primary N) is 1. The van der Waals surface area contributed by atoms with Crippen molar-refractivity contribution in [2.24, 2.45) is 0 Å². The lowest BCUT2D eigenvalue weighted by molar-refractivity contribution is 1.18. The number of para-hydroxylation sites is 3. The van der Waals surface area contributed by atoms with Crippen LogP contribution in [0.5, 0.6) is 0 Å². The van der Waals surface area contributed by atoms with Crippen molar-refractivity contribution in [1.29, 1.82) is 5.41 Å². The molecular formula is C25H19N3. The van der Waals surface area contributed by atoms with Crippen LogP contribution in [0.25, 0.3) is 27.5 Å². The van der Waals surface area contributed by atoms with Gasteiger partial charge in [-0.25, -0.2) is 0 Å². The van der Waals surface area contributed by atoms with Gasteiger partial charge < -0.3 is 10.3 Å². The van der Waals surface area contributed by atoms with E-state index in [1.807, 2.05) is 36.4 Å². The van der Waals surface area contributed by atoms with Crippen LogP contribution in [0.4, 0.5) is 5.69 Å². The minimum atomic E-state index is 0.441. The van der Waals surface area contributed by atoms with Gasteiger partial charge in [0.05, 0.1) is 16.7 Å². The van der Waals surface area contributed by atoms with Crippen LogP contribution in [-0.4, -0.2) is 10.3 Å². The summed E-state index contributed by atoms with van der Waals surface area (Å²) in [6, 6.07) is 32.5. The van der Waals surface area contributed by atoms with Gasteiger partial charge in [-0.1, -0.05) is 60.7 Å². The fourth-order valence-electron chi connectivity index (χ4n) is 3.86. The van der Waals surface area contributed by atoms with Gasteiger partial charge in [0.2, 0.25) is 0 Å². The van der Waals surface area contributed by atoms with E-state index in [9.17, 15) is 0 Å². The van der Waals surface area contributed by atoms with Gasteiger partial charge in [0.1, 0.15) is 0 Å². The third-order valence-electron chi connectivity index (χ3n) is 5.21. The fraction of sp³-hybridized carbons (Fsp3) is 0. The topological polar surface area (TPSA) is 54.8 Å². The standard InChI is InChI=1S/C25H19N3/c26-22-12-6-4-11-20(22)25(27)17-14-15-24-21(16-17)19-10-5-7-13-23(19)28(24)18-8-2-1-3-9-18/h1-16,27H,26H2. The van der Waals surface area contributed by atoms with E-state index < -0.39 is 0 Å². The SMILES string of the molecule is N=C(c1ccc2c(c1)c1ccccc1n2-c1ccccc1)c1ccccc1N. The highest BCUT2D eigenvalue weighted by molar-refractivity contribution is 6.17. The normalized spacial score (nSPS) is 11.1. The van der Waals surface area contributed by atoms with E-state index in [1.165, 1.54) is 5.39 Å². The molecule has 0 fully saturated rings. The Morgan fingerprint density at radius 2 is 1.36 bits per heavy atom. The molecule has 0 bridgehead atoms. The third-order valence-corrected chi connectivity index (χ3v) is 5.21. The Kier molecular flexibility index (Phi) is 3.73. The molecule has 3 nitrogen and oxygen atoms in total. The Morgan fingerprint density at radius 1 is 0.679 bits per heavy atom. The Balaban J connectivity index is 1.77. The molecule has 134 valence electrons. The zero-order chi connectivity index (χ0) is 19.1. The summed E-state index contributed by atoms with van der Waals surface area (Å²) in [7, 11) is 0. The first-order valence-corrected chi connectivity index (χ1v) is 9.26. The molecular weight excluding hydrogens is 342 g/mol. The highest BCUT2D eigenvalue weighted by atomic mass is 15.0. The summed E-state index contributed by atoms with van der Waals surface area (Å²) < 4.78 is 2.27. The van der Waals surface area contributed by atoms with Crippen molar-refractivity contribution in [3.05, 3.63) is 108 Å². The number of fused-ring (bicyclic) bond motifs is 3. The van der Waals surface area contributed by atoms with E-state index in [2.05, 4.69) is 65.2 Å². The van der Waals surface area contributed by atoms with Gasteiger partial charge in [-0.2, -0.15) is 0 Å². The molecule has 0 atom stereocenters. The second kappa shape index (κ2) is 6.39. The Bertz CT molecular complexity index is 1330. The predicted molar refractivity (Wildman–Crippen MR) is 118 cm³/mol. The van der Waals surface area contributed by atoms with Crippen LogP contribution in [0.3, 0.4) is 0 Å². The molecule has 5 rings (SSSR count). The zero-order valence-electron chi connectivity index (χ0n) is 15.3. The smallest absolute Gasteiger partial charge is 0.0705 e. The van der Waals surface area contributed by atoms with Gasteiger partial charge in [-0.05, 0) is 36.4 Å². The van der Waals surface area contributed by atoms with Crippen LogP contribution in [0.15, 0.2) is 97.1 Å². The molecule has 1 aromatic heterocycles. The predicted octanol–water partition coefficient (Wildman–Crippen LogP) is 5.78. The van der Waals surface area contributed by atoms with E-state index >= 15 is 0 Å². The molecule has 0 aliphatic carbocycles. The van der Waals surface area contributed by atoms with Crippen LogP contribution in [0.2, 0.25) is 0 Å². The van der Waals surface area contributed by atoms with Crippen LogP contribution >= 0.6 is 0 Å². The van der Waals surface area contributed by atoms with E-state index in [0.717, 1.165) is 33.2 Å². The zero-order valence-corrected chi connectivity index (χ0v) is 15.3. The summed E-state index contributed by atoms with van der Waals surface area (Å²) in [5.74, 6) is 0. The number of hydrogen-bond donors (Lipinski definition) is 2. The molecule has 0 aliphatic heterocycles. The Labute approximate surface area is 163 Å². The van der Waals surface area contributed by atoms with Gasteiger partial charge in [0.25, 0.3) is 0 Å². The first-order valence-electron chi connectivity index (χ1n) is 9.26. The van der Waals surface area contributed by atoms with Crippen molar-refractivity contribution in [3.8, 4) is 5.69 Å². The van der Waals surface area contributed by atoms with Crippen LogP contribution in [0, 0.1) is 5.41 Å². The minimum Gasteiger partial charge on any atom is -0.398 e. The van der Waals surface area contributed by atoms with Gasteiger partial charge in [-0.3, -0.25) is 5.41 Å². The molecule has 0 aliphatic rings. The molecule has 0 spiro atoms. The number of aromatic nitrogens is 1. The summed E-state index contributed by atoms with van der Waals surface area (Å²) >= 11 is 0. The Morgan fingerprint density at radius 3 is 2.18 bits per heavy atom. The molecule has 3 N–H and O–H groups in total. The van der Waals surface area contributed by atoms with Crippen molar-refractivity contribution in [1.82, 2.24) is 4.57 Å². The minimum absolute atomic E-state index is 0.441. The van der Waals surface area contributed by atoms with Crippen molar-refractivity contribution in [2.75, 3.05) is 5.73 Å². The lowest BCUT2D eigenvalue weighted by Crippen LogP contribution is -2.05. The maximum atomic E-state index is 8.68. The average Bonchev–Trinajstić information content (AvgIpc) is 3.08. The third kappa shape index (κ3) is 2.48. The van der Waals surface area contributed by atoms with Crippen molar-refractivity contribution >= 4 is 33.2 Å².